The van der Waals surface area contributed by atoms with Gasteiger partial charge < -0.3 is 50.5 Å². The molecule has 0 radical (unpaired) electrons. The predicted molar refractivity (Wildman–Crippen MR) is 349 cm³/mol. The minimum atomic E-state index is -5.08. The molecule has 0 saturated carbocycles. The third-order valence-electron chi connectivity index (χ3n) is 15.4. The lowest BCUT2D eigenvalue weighted by molar-refractivity contribution is -0.192. The van der Waals surface area contributed by atoms with Gasteiger partial charge in [0.2, 0.25) is 0 Å². The monoisotopic (exact) mass is 1510 g/mol. The summed E-state index contributed by atoms with van der Waals surface area (Å²) in [6, 6.07) is 13.1. The number of benzene rings is 4. The molecule has 0 unspecified atom stereocenters. The van der Waals surface area contributed by atoms with E-state index in [-0.39, 0.29) is 77.3 Å². The van der Waals surface area contributed by atoms with E-state index < -0.39 is 76.9 Å². The number of urea groups is 2. The molecule has 4 atom stereocenters. The van der Waals surface area contributed by atoms with Crippen molar-refractivity contribution in [3.8, 4) is 0 Å². The first kappa shape index (κ1) is 73.2. The maximum absolute atomic E-state index is 14.4. The van der Waals surface area contributed by atoms with Crippen LogP contribution in [0.5, 0.6) is 0 Å². The van der Waals surface area contributed by atoms with Crippen molar-refractivity contribution >= 4 is 127 Å². The van der Waals surface area contributed by atoms with Crippen LogP contribution in [-0.2, 0) is 23.9 Å². The molecule has 0 spiro atoms. The maximum atomic E-state index is 14.4. The minimum Gasteiger partial charge on any atom is -0.478 e. The number of aromatic nitrogens is 2. The Morgan fingerprint density at radius 1 is 0.643 bits per heavy atom. The summed E-state index contributed by atoms with van der Waals surface area (Å²) in [5, 5.41) is 40.3. The highest BCUT2D eigenvalue weighted by molar-refractivity contribution is 9.09. The number of nitrogens with zero attached hydrogens (tertiary/aromatic N) is 9. The normalized spacial score (nSPS) is 19.1. The lowest BCUT2D eigenvalue weighted by Gasteiger charge is -2.38. The van der Waals surface area contributed by atoms with Crippen LogP contribution in [0.4, 0.5) is 51.7 Å². The zero-order chi connectivity index (χ0) is 70.9. The Hall–Kier alpha value is -9.06. The molecule has 4 saturated heterocycles. The molecule has 8 heterocycles. The summed E-state index contributed by atoms with van der Waals surface area (Å²) in [6.07, 6.45) is -1.78. The van der Waals surface area contributed by atoms with Gasteiger partial charge in [0.05, 0.1) is 47.6 Å². The van der Waals surface area contributed by atoms with Crippen LogP contribution in [0.3, 0.4) is 0 Å². The predicted octanol–water partition coefficient (Wildman–Crippen LogP) is 9.92. The Kier molecular flexibility index (Phi) is 24.0. The average molecular weight is 1510 g/mol. The second kappa shape index (κ2) is 32.1. The largest absolute Gasteiger partial charge is 0.490 e. The Bertz CT molecular complexity index is 4180. The first-order valence-electron chi connectivity index (χ1n) is 29.4. The van der Waals surface area contributed by atoms with Gasteiger partial charge in [-0.05, 0) is 74.5 Å². The molecule has 98 heavy (non-hydrogen) atoms. The molecule has 2 aromatic heterocycles. The second-order valence-electron chi connectivity index (χ2n) is 21.5. The summed E-state index contributed by atoms with van der Waals surface area (Å²) in [5.74, 6) is -8.35. The number of hydrogen-bond acceptors (Lipinski definition) is 19. The standard InChI is InChI=1S/C30H27ClF2N6O5S.C17H14BrClFN3O2S.C13H14FN3O3.C2HF3O2/c1-2-44-29(42)24-23(35-26(27-34-7-10-45-27)36-25(24)19-5-3-16(32)11-21(19)31)15-37-8-9-38-18(13-37)14-39(30(38)43)17-4-6-20(28(40)41)22(33)12-17;1-2-25-17(24)13-12(8-18)22-15(16-21-5-6-26-16)23-14(13)10-4-3-9(20)7-11(10)19;14-11-5-8(1-2-10(11)12(18)19)17-7-9-6-15-3-4-16(9)13(17)20;3-2(4,5)1(6)7/h3-7,10-12,18,25H,2,8-9,13-15H2,1H3,(H,35,36)(H,40,41);3-7,14H,2,8H2,1H3,(H,22,23);1-2,5,9,15H,3-4,6-7H2,(H,18,19);(H,6,7)/t18-,25-;14-;9-;/m000./s1. The van der Waals surface area contributed by atoms with E-state index in [2.05, 4.69) is 51.7 Å². The van der Waals surface area contributed by atoms with Gasteiger partial charge in [0, 0.05) is 131 Å². The van der Waals surface area contributed by atoms with Gasteiger partial charge >= 0.3 is 48.1 Å². The van der Waals surface area contributed by atoms with Gasteiger partial charge in [-0.15, -0.1) is 22.7 Å². The summed E-state index contributed by atoms with van der Waals surface area (Å²) in [6.45, 7) is 8.16. The molecular weight excluding hydrogens is 1450 g/mol. The van der Waals surface area contributed by atoms with Gasteiger partial charge in [0.1, 0.15) is 35.4 Å². The van der Waals surface area contributed by atoms with E-state index in [9.17, 15) is 59.5 Å². The highest BCUT2D eigenvalue weighted by atomic mass is 79.9. The topological polar surface area (TPSA) is 301 Å². The summed E-state index contributed by atoms with van der Waals surface area (Å²) in [7, 11) is 0. The van der Waals surface area contributed by atoms with Gasteiger partial charge in [-0.2, -0.15) is 13.2 Å². The number of aliphatic carboxylic acids is 1. The van der Waals surface area contributed by atoms with E-state index in [0.29, 0.717) is 93.5 Å². The number of carboxylic acids is 3. The van der Waals surface area contributed by atoms with Crippen molar-refractivity contribution in [3.63, 3.8) is 0 Å². The van der Waals surface area contributed by atoms with Crippen LogP contribution >= 0.6 is 61.8 Å². The van der Waals surface area contributed by atoms with E-state index in [1.165, 1.54) is 87.1 Å². The van der Waals surface area contributed by atoms with Crippen LogP contribution in [0.2, 0.25) is 10.0 Å². The van der Waals surface area contributed by atoms with Crippen molar-refractivity contribution in [3.05, 3.63) is 184 Å². The van der Waals surface area contributed by atoms with E-state index in [4.69, 9.17) is 57.8 Å². The number of halogens is 10. The molecule has 518 valence electrons. The van der Waals surface area contributed by atoms with Gasteiger partial charge in [0.15, 0.2) is 21.7 Å². The lowest BCUT2D eigenvalue weighted by Crippen LogP contribution is -2.53. The van der Waals surface area contributed by atoms with Crippen LogP contribution in [0, 0.1) is 23.3 Å². The van der Waals surface area contributed by atoms with Crippen molar-refractivity contribution in [2.75, 3.05) is 87.2 Å². The Labute approximate surface area is 578 Å². The number of alkyl halides is 4. The number of esters is 2. The number of nitrogens with one attached hydrogen (secondary N) is 3. The summed E-state index contributed by atoms with van der Waals surface area (Å²) in [5.41, 5.74) is 2.43. The van der Waals surface area contributed by atoms with E-state index in [1.54, 1.807) is 41.4 Å². The molecule has 6 aliphatic heterocycles. The van der Waals surface area contributed by atoms with Gasteiger partial charge in [-0.3, -0.25) is 24.7 Å². The fraction of sp³-hybridized carbons (Fsp3) is 0.306. The number of fused-ring (bicyclic) bond motifs is 2. The summed E-state index contributed by atoms with van der Waals surface area (Å²) in [4.78, 5) is 109. The van der Waals surface area contributed by atoms with Gasteiger partial charge in [-0.1, -0.05) is 51.3 Å². The molecule has 24 nitrogen and oxygen atoms in total. The van der Waals surface area contributed by atoms with Crippen molar-refractivity contribution in [2.45, 2.75) is 44.2 Å². The number of carbonyl (C=O) groups excluding carboxylic acids is 4. The number of ether oxygens (including phenoxy) is 2. The van der Waals surface area contributed by atoms with Crippen molar-refractivity contribution < 1.29 is 89.1 Å². The number of anilines is 2. The van der Waals surface area contributed by atoms with E-state index in [0.717, 1.165) is 31.3 Å². The number of thiazole rings is 2. The van der Waals surface area contributed by atoms with Crippen molar-refractivity contribution in [1.82, 2.24) is 40.6 Å². The molecule has 12 rings (SSSR count). The molecule has 0 aliphatic carbocycles. The summed E-state index contributed by atoms with van der Waals surface area (Å²) >= 11 is 18.9. The van der Waals surface area contributed by atoms with Crippen LogP contribution in [0.25, 0.3) is 0 Å². The highest BCUT2D eigenvalue weighted by Gasteiger charge is 2.44. The number of amidine groups is 2. The van der Waals surface area contributed by atoms with Crippen LogP contribution in [0.15, 0.2) is 128 Å². The number of allylic oxidation sites excluding steroid dienone is 1. The molecule has 6 N–H and O–H groups in total. The van der Waals surface area contributed by atoms with Crippen LogP contribution in [-0.4, -0.2) is 189 Å². The first-order chi connectivity index (χ1) is 46.7. The Morgan fingerprint density at radius 3 is 1.51 bits per heavy atom. The number of amides is 4. The fourth-order valence-corrected chi connectivity index (χ4v) is 13.2. The van der Waals surface area contributed by atoms with Crippen molar-refractivity contribution in [1.29, 1.82) is 0 Å². The minimum absolute atomic E-state index is 0.0819. The maximum Gasteiger partial charge on any atom is 0.490 e. The van der Waals surface area contributed by atoms with Gasteiger partial charge in [-0.25, -0.2) is 61.1 Å². The number of aliphatic imine (C=N–C) groups is 2. The number of rotatable bonds is 15. The second-order valence-corrected chi connectivity index (χ2v) is 24.7. The third kappa shape index (κ3) is 16.9. The average Bonchev–Trinajstić information content (AvgIpc) is 1.06. The van der Waals surface area contributed by atoms with Crippen molar-refractivity contribution in [2.24, 2.45) is 9.98 Å². The highest BCUT2D eigenvalue weighted by Crippen LogP contribution is 2.40. The zero-order valence-corrected chi connectivity index (χ0v) is 55.9. The molecule has 6 aliphatic rings. The number of carboxylic acid groups (broad SMARTS) is 3. The SMILES string of the molecule is CCOC(=O)C1=C(CBr)NC(c2nccs2)=N[C@H]1c1ccc(F)cc1Cl.CCOC(=O)C1=C(CN2CCN3C(=O)N(c4ccc(C(=O)O)c(F)c4)C[C@@H]3C2)NC(c2nccs2)=N[C@H]1c1ccc(F)cc1Cl.O=C(O)C(F)(F)F.O=C(O)c1ccc(N2C[C@@H]3CNCCN3C2=O)cc1F. The molecule has 4 amide bonds. The van der Waals surface area contributed by atoms with Crippen LogP contribution in [0.1, 0.15) is 67.8 Å². The number of aromatic carboxylic acids is 2. The number of piperazine rings is 2. The van der Waals surface area contributed by atoms with Crippen LogP contribution < -0.4 is 25.8 Å². The quantitative estimate of drug-likeness (QED) is 0.0316. The van der Waals surface area contributed by atoms with E-state index in [1.807, 2.05) is 5.38 Å². The number of carbonyl (C=O) groups is 7. The zero-order valence-electron chi connectivity index (χ0n) is 51.2. The Morgan fingerprint density at radius 2 is 1.10 bits per heavy atom. The molecule has 6 aromatic rings. The molecule has 36 heteroatoms. The third-order valence-corrected chi connectivity index (χ3v) is 18.2. The fourth-order valence-electron chi connectivity index (χ4n) is 11.0. The Balaban J connectivity index is 0.000000178. The first-order valence-corrected chi connectivity index (χ1v) is 33.1. The van der Waals surface area contributed by atoms with Gasteiger partial charge in [0.25, 0.3) is 0 Å². The molecule has 4 aromatic carbocycles. The smallest absolute Gasteiger partial charge is 0.478 e. The lowest BCUT2D eigenvalue weighted by atomic mass is 9.95. The number of hydrogen-bond donors (Lipinski definition) is 6. The summed E-state index contributed by atoms with van der Waals surface area (Å²) < 4.78 is 98.0. The molecular formula is C62H56BrCl2F7N12O12S2. The van der Waals surface area contributed by atoms with E-state index >= 15 is 0 Å². The molecule has 4 fully saturated rings. The molecule has 0 bridgehead atoms.